The molecule has 0 unspecified atom stereocenters. The molecule has 1 aliphatic rings. The van der Waals surface area contributed by atoms with Crippen molar-refractivity contribution in [2.45, 2.75) is 35.8 Å². The zero-order chi connectivity index (χ0) is 13.2. The minimum absolute atomic E-state index is 0.337. The summed E-state index contributed by atoms with van der Waals surface area (Å²) in [7, 11) is -3.30. The topological polar surface area (TPSA) is 71.4 Å². The molecule has 0 radical (unpaired) electrons. The highest BCUT2D eigenvalue weighted by Crippen LogP contribution is 2.31. The molecular formula is C13H16O4S. The molecule has 0 aliphatic heterocycles. The van der Waals surface area contributed by atoms with Crippen LogP contribution in [0.1, 0.15) is 25.7 Å². The van der Waals surface area contributed by atoms with Gasteiger partial charge in [0.1, 0.15) is 0 Å². The number of sulfone groups is 1. The van der Waals surface area contributed by atoms with Gasteiger partial charge in [0, 0.05) is 0 Å². The van der Waals surface area contributed by atoms with Gasteiger partial charge in [-0.2, -0.15) is 0 Å². The molecule has 1 saturated carbocycles. The standard InChI is InChI=1S/C13H16O4S/c14-13(15)10-6-8-12(9-7-10)18(16,17)11-4-2-1-3-5-11/h1-5,10,12H,6-9H2,(H,14,15). The van der Waals surface area contributed by atoms with Crippen LogP contribution in [0.4, 0.5) is 0 Å². The van der Waals surface area contributed by atoms with Crippen molar-refractivity contribution in [2.24, 2.45) is 5.92 Å². The van der Waals surface area contributed by atoms with Gasteiger partial charge < -0.3 is 5.11 Å². The van der Waals surface area contributed by atoms with Crippen LogP contribution in [-0.4, -0.2) is 24.7 Å². The fraction of sp³-hybridized carbons (Fsp3) is 0.462. The number of carbonyl (C=O) groups is 1. The zero-order valence-electron chi connectivity index (χ0n) is 9.95. The summed E-state index contributed by atoms with van der Waals surface area (Å²) in [6.45, 7) is 0. The number of rotatable bonds is 3. The molecule has 1 aromatic carbocycles. The predicted molar refractivity (Wildman–Crippen MR) is 67.0 cm³/mol. The van der Waals surface area contributed by atoms with E-state index < -0.39 is 21.1 Å². The molecule has 0 atom stereocenters. The Balaban J connectivity index is 2.12. The van der Waals surface area contributed by atoms with E-state index in [2.05, 4.69) is 0 Å². The Hall–Kier alpha value is -1.36. The third-order valence-corrected chi connectivity index (χ3v) is 5.81. The van der Waals surface area contributed by atoms with Crippen LogP contribution in [0.25, 0.3) is 0 Å². The van der Waals surface area contributed by atoms with E-state index in [0.717, 1.165) is 0 Å². The Morgan fingerprint density at radius 1 is 1.06 bits per heavy atom. The van der Waals surface area contributed by atoms with Crippen molar-refractivity contribution < 1.29 is 18.3 Å². The van der Waals surface area contributed by atoms with Crippen molar-refractivity contribution in [2.75, 3.05) is 0 Å². The van der Waals surface area contributed by atoms with Gasteiger partial charge in [0.15, 0.2) is 9.84 Å². The maximum absolute atomic E-state index is 12.3. The summed E-state index contributed by atoms with van der Waals surface area (Å²) in [5.74, 6) is -1.20. The van der Waals surface area contributed by atoms with E-state index in [4.69, 9.17) is 5.11 Å². The maximum atomic E-state index is 12.3. The van der Waals surface area contributed by atoms with E-state index in [0.29, 0.717) is 30.6 Å². The van der Waals surface area contributed by atoms with Crippen LogP contribution in [0.3, 0.4) is 0 Å². The fourth-order valence-corrected chi connectivity index (χ4v) is 4.24. The monoisotopic (exact) mass is 268 g/mol. The second-order valence-electron chi connectivity index (χ2n) is 4.67. The van der Waals surface area contributed by atoms with E-state index >= 15 is 0 Å². The molecule has 5 heteroatoms. The van der Waals surface area contributed by atoms with Gasteiger partial charge in [0.2, 0.25) is 0 Å². The van der Waals surface area contributed by atoms with Gasteiger partial charge in [-0.05, 0) is 37.8 Å². The zero-order valence-corrected chi connectivity index (χ0v) is 10.8. The second kappa shape index (κ2) is 5.10. The molecule has 0 bridgehead atoms. The molecule has 4 nitrogen and oxygen atoms in total. The van der Waals surface area contributed by atoms with Crippen LogP contribution < -0.4 is 0 Å². The third kappa shape index (κ3) is 2.56. The first-order chi connectivity index (χ1) is 8.51. The van der Waals surface area contributed by atoms with Crippen molar-refractivity contribution in [3.63, 3.8) is 0 Å². The average Bonchev–Trinajstić information content (AvgIpc) is 2.40. The first-order valence-electron chi connectivity index (χ1n) is 6.03. The first-order valence-corrected chi connectivity index (χ1v) is 7.58. The molecule has 98 valence electrons. The highest BCUT2D eigenvalue weighted by atomic mass is 32.2. The Labute approximate surface area is 107 Å². The van der Waals surface area contributed by atoms with E-state index in [-0.39, 0.29) is 5.92 Å². The van der Waals surface area contributed by atoms with Crippen molar-refractivity contribution in [3.8, 4) is 0 Å². The quantitative estimate of drug-likeness (QED) is 0.911. The van der Waals surface area contributed by atoms with E-state index in [1.807, 2.05) is 0 Å². The number of carboxylic acid groups (broad SMARTS) is 1. The number of hydrogen-bond acceptors (Lipinski definition) is 3. The summed E-state index contributed by atoms with van der Waals surface area (Å²) in [6, 6.07) is 8.38. The summed E-state index contributed by atoms with van der Waals surface area (Å²) in [6.07, 6.45) is 1.78. The van der Waals surface area contributed by atoms with Crippen LogP contribution in [0.2, 0.25) is 0 Å². The van der Waals surface area contributed by atoms with E-state index in [1.54, 1.807) is 30.3 Å². The van der Waals surface area contributed by atoms with Gasteiger partial charge in [-0.3, -0.25) is 4.79 Å². The summed E-state index contributed by atoms with van der Waals surface area (Å²) >= 11 is 0. The summed E-state index contributed by atoms with van der Waals surface area (Å²) in [5, 5.41) is 8.46. The molecule has 0 heterocycles. The van der Waals surface area contributed by atoms with Crippen LogP contribution in [0, 0.1) is 5.92 Å². The van der Waals surface area contributed by atoms with Gasteiger partial charge >= 0.3 is 5.97 Å². The molecule has 1 aromatic rings. The fourth-order valence-electron chi connectivity index (χ4n) is 2.42. The van der Waals surface area contributed by atoms with E-state index in [1.165, 1.54) is 0 Å². The third-order valence-electron chi connectivity index (χ3n) is 3.53. The number of benzene rings is 1. The number of hydrogen-bond donors (Lipinski definition) is 1. The lowest BCUT2D eigenvalue weighted by Crippen LogP contribution is -2.30. The van der Waals surface area contributed by atoms with Gasteiger partial charge in [0.05, 0.1) is 16.1 Å². The molecule has 1 aliphatic carbocycles. The lowest BCUT2D eigenvalue weighted by Gasteiger charge is -2.25. The van der Waals surface area contributed by atoms with Gasteiger partial charge in [0.25, 0.3) is 0 Å². The highest BCUT2D eigenvalue weighted by molar-refractivity contribution is 7.92. The van der Waals surface area contributed by atoms with Gasteiger partial charge in [-0.1, -0.05) is 18.2 Å². The molecule has 0 amide bonds. The van der Waals surface area contributed by atoms with Crippen LogP contribution in [0.15, 0.2) is 35.2 Å². The smallest absolute Gasteiger partial charge is 0.306 e. The minimum atomic E-state index is -3.30. The Morgan fingerprint density at radius 2 is 1.61 bits per heavy atom. The van der Waals surface area contributed by atoms with Crippen molar-refractivity contribution in [1.82, 2.24) is 0 Å². The van der Waals surface area contributed by atoms with Crippen molar-refractivity contribution in [1.29, 1.82) is 0 Å². The Bertz CT molecular complexity index is 513. The summed E-state index contributed by atoms with van der Waals surface area (Å²) < 4.78 is 24.6. The summed E-state index contributed by atoms with van der Waals surface area (Å²) in [4.78, 5) is 11.2. The molecule has 0 saturated heterocycles. The van der Waals surface area contributed by atoms with Crippen molar-refractivity contribution in [3.05, 3.63) is 30.3 Å². The molecule has 18 heavy (non-hydrogen) atoms. The molecule has 1 fully saturated rings. The molecule has 0 aromatic heterocycles. The normalized spacial score (nSPS) is 24.7. The molecule has 0 spiro atoms. The molecular weight excluding hydrogens is 252 g/mol. The van der Waals surface area contributed by atoms with Crippen LogP contribution >= 0.6 is 0 Å². The molecule has 1 N–H and O–H groups in total. The number of aliphatic carboxylic acids is 1. The predicted octanol–water partition coefficient (Wildman–Crippen LogP) is 2.10. The second-order valence-corrected chi connectivity index (χ2v) is 6.90. The maximum Gasteiger partial charge on any atom is 0.306 e. The van der Waals surface area contributed by atoms with Crippen LogP contribution in [0.5, 0.6) is 0 Å². The summed E-state index contributed by atoms with van der Waals surface area (Å²) in [5.41, 5.74) is 0. The Kier molecular flexibility index (Phi) is 3.71. The van der Waals surface area contributed by atoms with Gasteiger partial charge in [-0.25, -0.2) is 8.42 Å². The van der Waals surface area contributed by atoms with E-state index in [9.17, 15) is 13.2 Å². The largest absolute Gasteiger partial charge is 0.481 e. The highest BCUT2D eigenvalue weighted by Gasteiger charge is 2.34. The number of carboxylic acids is 1. The van der Waals surface area contributed by atoms with Gasteiger partial charge in [-0.15, -0.1) is 0 Å². The Morgan fingerprint density at radius 3 is 2.11 bits per heavy atom. The lowest BCUT2D eigenvalue weighted by molar-refractivity contribution is -0.142. The average molecular weight is 268 g/mol. The minimum Gasteiger partial charge on any atom is -0.481 e. The lowest BCUT2D eigenvalue weighted by atomic mass is 9.89. The van der Waals surface area contributed by atoms with Crippen LogP contribution in [-0.2, 0) is 14.6 Å². The SMILES string of the molecule is O=C(O)C1CCC(S(=O)(=O)c2ccccc2)CC1. The van der Waals surface area contributed by atoms with Crippen molar-refractivity contribution >= 4 is 15.8 Å². The molecule has 2 rings (SSSR count). The first kappa shape index (κ1) is 13.1.